The van der Waals surface area contributed by atoms with Gasteiger partial charge in [0.15, 0.2) is 0 Å². The van der Waals surface area contributed by atoms with E-state index >= 15 is 0 Å². The van der Waals surface area contributed by atoms with Crippen LogP contribution in [0.2, 0.25) is 0 Å². The minimum Gasteiger partial charge on any atom is -0.478 e. The molecule has 3 heteroatoms. The Kier molecular flexibility index (Phi) is 6.25. The lowest BCUT2D eigenvalue weighted by molar-refractivity contribution is -0.136. The van der Waals surface area contributed by atoms with Gasteiger partial charge in [0.05, 0.1) is 0 Å². The molecular weight excluding hydrogens is 172 g/mol. The Morgan fingerprint density at radius 3 is 2.00 bits per heavy atom. The van der Waals surface area contributed by atoms with Crippen LogP contribution in [0.25, 0.3) is 0 Å². The van der Waals surface area contributed by atoms with Gasteiger partial charge in [-0.25, -0.2) is 4.79 Å². The molecule has 0 aromatic heterocycles. The normalized spacial score (nSPS) is 13.3. The van der Waals surface area contributed by atoms with Crippen molar-refractivity contribution in [3.8, 4) is 0 Å². The van der Waals surface area contributed by atoms with Crippen molar-refractivity contribution in [2.24, 2.45) is 0 Å². The Hall–Kier alpha value is -0.180. The van der Waals surface area contributed by atoms with Crippen molar-refractivity contribution in [3.05, 3.63) is 0 Å². The molecule has 0 amide bonds. The van der Waals surface area contributed by atoms with Gasteiger partial charge in [-0.2, -0.15) is 0 Å². The van der Waals surface area contributed by atoms with Crippen LogP contribution in [0.1, 0.15) is 33.6 Å². The Morgan fingerprint density at radius 1 is 1.33 bits per heavy atom. The van der Waals surface area contributed by atoms with Crippen molar-refractivity contribution < 1.29 is 9.90 Å². The molecule has 2 nitrogen and oxygen atoms in total. The summed E-state index contributed by atoms with van der Waals surface area (Å²) in [5, 5.41) is 8.66. The summed E-state index contributed by atoms with van der Waals surface area (Å²) in [4.78, 5) is 10.7. The molecular formula is C9H19O2S+. The number of hydrogen-bond acceptors (Lipinski definition) is 1. The van der Waals surface area contributed by atoms with E-state index in [0.29, 0.717) is 0 Å². The number of aliphatic carboxylic acids is 1. The third-order valence-electron chi connectivity index (χ3n) is 1.78. The van der Waals surface area contributed by atoms with E-state index in [1.165, 1.54) is 0 Å². The van der Waals surface area contributed by atoms with E-state index in [-0.39, 0.29) is 16.1 Å². The molecule has 12 heavy (non-hydrogen) atoms. The van der Waals surface area contributed by atoms with E-state index in [0.717, 1.165) is 24.3 Å². The molecule has 0 rings (SSSR count). The zero-order valence-corrected chi connectivity index (χ0v) is 8.99. The van der Waals surface area contributed by atoms with Gasteiger partial charge in [0.2, 0.25) is 5.25 Å². The number of carboxylic acid groups (broad SMARTS) is 1. The zero-order chi connectivity index (χ0) is 9.56. The first-order valence-corrected chi connectivity index (χ1v) is 6.15. The van der Waals surface area contributed by atoms with Gasteiger partial charge >= 0.3 is 5.97 Å². The maximum absolute atomic E-state index is 10.7. The third kappa shape index (κ3) is 4.00. The minimum atomic E-state index is -0.639. The molecule has 0 aliphatic carbocycles. The SMILES string of the molecule is CCC[S+](CCC)C(C)C(=O)O. The molecule has 1 atom stereocenters. The van der Waals surface area contributed by atoms with E-state index < -0.39 is 5.97 Å². The quantitative estimate of drug-likeness (QED) is 0.651. The summed E-state index contributed by atoms with van der Waals surface area (Å²) in [5.74, 6) is 1.50. The number of rotatable bonds is 6. The Morgan fingerprint density at radius 2 is 1.75 bits per heavy atom. The highest BCUT2D eigenvalue weighted by atomic mass is 32.2. The summed E-state index contributed by atoms with van der Waals surface area (Å²) >= 11 is 0. The number of carboxylic acids is 1. The second-order valence-corrected chi connectivity index (χ2v) is 5.52. The average molecular weight is 191 g/mol. The van der Waals surface area contributed by atoms with Gasteiger partial charge in [-0.1, -0.05) is 13.8 Å². The van der Waals surface area contributed by atoms with Crippen LogP contribution in [0.4, 0.5) is 0 Å². The van der Waals surface area contributed by atoms with Crippen LogP contribution >= 0.6 is 0 Å². The van der Waals surface area contributed by atoms with Crippen LogP contribution in [-0.4, -0.2) is 27.8 Å². The van der Waals surface area contributed by atoms with Gasteiger partial charge in [-0.05, 0) is 19.8 Å². The zero-order valence-electron chi connectivity index (χ0n) is 8.17. The fraction of sp³-hybridized carbons (Fsp3) is 0.889. The molecule has 0 aliphatic heterocycles. The van der Waals surface area contributed by atoms with E-state index in [4.69, 9.17) is 5.11 Å². The van der Waals surface area contributed by atoms with Gasteiger partial charge < -0.3 is 5.11 Å². The van der Waals surface area contributed by atoms with Crippen LogP contribution in [-0.2, 0) is 15.7 Å². The molecule has 0 saturated carbocycles. The summed E-state index contributed by atoms with van der Waals surface area (Å²) in [6.45, 7) is 6.06. The molecule has 0 aliphatic rings. The van der Waals surface area contributed by atoms with Gasteiger partial charge in [-0.3, -0.25) is 0 Å². The van der Waals surface area contributed by atoms with Gasteiger partial charge in [0.1, 0.15) is 11.5 Å². The van der Waals surface area contributed by atoms with E-state index in [1.807, 2.05) is 6.92 Å². The second kappa shape index (κ2) is 6.35. The molecule has 0 aromatic carbocycles. The first kappa shape index (κ1) is 11.8. The maximum atomic E-state index is 10.7. The second-order valence-electron chi connectivity index (χ2n) is 2.93. The molecule has 0 heterocycles. The summed E-state index contributed by atoms with van der Waals surface area (Å²) in [5.41, 5.74) is 0. The van der Waals surface area contributed by atoms with Gasteiger partial charge in [0, 0.05) is 10.9 Å². The molecule has 1 unspecified atom stereocenters. The molecule has 1 N–H and O–H groups in total. The Bertz CT molecular complexity index is 130. The van der Waals surface area contributed by atoms with Crippen LogP contribution in [0.5, 0.6) is 0 Å². The van der Waals surface area contributed by atoms with Crippen molar-refractivity contribution in [3.63, 3.8) is 0 Å². The van der Waals surface area contributed by atoms with Crippen LogP contribution in [0, 0.1) is 0 Å². The van der Waals surface area contributed by atoms with Crippen molar-refractivity contribution in [2.75, 3.05) is 11.5 Å². The fourth-order valence-corrected chi connectivity index (χ4v) is 3.37. The largest absolute Gasteiger partial charge is 0.478 e. The van der Waals surface area contributed by atoms with Crippen molar-refractivity contribution in [1.29, 1.82) is 0 Å². The average Bonchev–Trinajstić information content (AvgIpc) is 2.03. The first-order chi connectivity index (χ1) is 5.63. The van der Waals surface area contributed by atoms with E-state index in [2.05, 4.69) is 13.8 Å². The highest BCUT2D eigenvalue weighted by Crippen LogP contribution is 2.09. The lowest BCUT2D eigenvalue weighted by Crippen LogP contribution is -2.31. The Balaban J connectivity index is 3.98. The minimum absolute atomic E-state index is 0.101. The van der Waals surface area contributed by atoms with E-state index in [1.54, 1.807) is 0 Å². The van der Waals surface area contributed by atoms with Crippen molar-refractivity contribution in [2.45, 2.75) is 38.9 Å². The predicted octanol–water partition coefficient (Wildman–Crippen LogP) is 1.90. The molecule has 0 saturated heterocycles. The monoisotopic (exact) mass is 191 g/mol. The maximum Gasteiger partial charge on any atom is 0.356 e. The molecule has 0 radical (unpaired) electrons. The summed E-state index contributed by atoms with van der Waals surface area (Å²) in [7, 11) is 0.101. The lowest BCUT2D eigenvalue weighted by Gasteiger charge is -2.10. The lowest BCUT2D eigenvalue weighted by atomic mass is 10.5. The predicted molar refractivity (Wildman–Crippen MR) is 54.8 cm³/mol. The third-order valence-corrected chi connectivity index (χ3v) is 4.85. The Labute approximate surface area is 77.7 Å². The fourth-order valence-electron chi connectivity index (χ4n) is 1.12. The van der Waals surface area contributed by atoms with Gasteiger partial charge in [0.25, 0.3) is 0 Å². The van der Waals surface area contributed by atoms with E-state index in [9.17, 15) is 4.79 Å². The molecule has 0 fully saturated rings. The summed E-state index contributed by atoms with van der Waals surface area (Å²) in [6.07, 6.45) is 2.20. The molecule has 0 aromatic rings. The number of hydrogen-bond donors (Lipinski definition) is 1. The summed E-state index contributed by atoms with van der Waals surface area (Å²) in [6, 6.07) is 0. The molecule has 72 valence electrons. The molecule has 0 bridgehead atoms. The van der Waals surface area contributed by atoms with Crippen LogP contribution in [0.3, 0.4) is 0 Å². The highest BCUT2D eigenvalue weighted by molar-refractivity contribution is 7.98. The summed E-state index contributed by atoms with van der Waals surface area (Å²) < 4.78 is 0. The number of carbonyl (C=O) groups is 1. The smallest absolute Gasteiger partial charge is 0.356 e. The highest BCUT2D eigenvalue weighted by Gasteiger charge is 2.30. The molecule has 0 spiro atoms. The van der Waals surface area contributed by atoms with Crippen LogP contribution < -0.4 is 0 Å². The van der Waals surface area contributed by atoms with Crippen molar-refractivity contribution >= 4 is 16.9 Å². The first-order valence-electron chi connectivity index (χ1n) is 4.52. The van der Waals surface area contributed by atoms with Crippen LogP contribution in [0.15, 0.2) is 0 Å². The standard InChI is InChI=1S/C9H18O2S/c1-4-6-12(7-5-2)8(3)9(10)11/h8H,4-7H2,1-3H3/p+1. The van der Waals surface area contributed by atoms with Crippen molar-refractivity contribution in [1.82, 2.24) is 0 Å². The topological polar surface area (TPSA) is 37.3 Å². The van der Waals surface area contributed by atoms with Gasteiger partial charge in [-0.15, -0.1) is 0 Å².